The van der Waals surface area contributed by atoms with E-state index < -0.39 is 10.0 Å². The summed E-state index contributed by atoms with van der Waals surface area (Å²) in [5, 5.41) is 0.802. The van der Waals surface area contributed by atoms with Crippen molar-refractivity contribution < 1.29 is 18.0 Å². The average molecular weight is 599 g/mol. The summed E-state index contributed by atoms with van der Waals surface area (Å²) in [7, 11) is -3.28. The van der Waals surface area contributed by atoms with Crippen LogP contribution in [0.15, 0.2) is 42.6 Å². The van der Waals surface area contributed by atoms with E-state index in [-0.39, 0.29) is 30.2 Å². The van der Waals surface area contributed by atoms with Crippen molar-refractivity contribution in [1.29, 1.82) is 0 Å². The Bertz CT molecular complexity index is 1590. The molecule has 12 heteroatoms. The highest BCUT2D eigenvalue weighted by Crippen LogP contribution is 2.32. The van der Waals surface area contributed by atoms with E-state index >= 15 is 0 Å². The van der Waals surface area contributed by atoms with E-state index in [4.69, 9.17) is 11.6 Å². The maximum Gasteiger partial charge on any atom is 0.270 e. The normalized spacial score (nSPS) is 19.3. The molecule has 3 aliphatic rings. The molecule has 2 aromatic heterocycles. The second-order valence-corrected chi connectivity index (χ2v) is 13.9. The Morgan fingerprint density at radius 1 is 0.878 bits per heavy atom. The van der Waals surface area contributed by atoms with Crippen LogP contribution in [0.2, 0.25) is 5.15 Å². The summed E-state index contributed by atoms with van der Waals surface area (Å²) >= 11 is 6.23. The monoisotopic (exact) mass is 598 g/mol. The third-order valence-corrected chi connectivity index (χ3v) is 11.0. The summed E-state index contributed by atoms with van der Waals surface area (Å²) in [4.78, 5) is 37.4. The minimum atomic E-state index is -3.28. The topological polar surface area (TPSA) is 99.1 Å². The van der Waals surface area contributed by atoms with Crippen LogP contribution in [0.1, 0.15) is 47.5 Å². The first-order valence-electron chi connectivity index (χ1n) is 14.2. The van der Waals surface area contributed by atoms with Crippen LogP contribution < -0.4 is 0 Å². The molecule has 3 fully saturated rings. The molecule has 4 heterocycles. The summed E-state index contributed by atoms with van der Waals surface area (Å²) in [5.74, 6) is -0.217. The summed E-state index contributed by atoms with van der Waals surface area (Å²) in [6, 6.07) is 11.3. The molecule has 1 aromatic carbocycles. The number of pyridine rings is 1. The highest BCUT2D eigenvalue weighted by Gasteiger charge is 2.41. The molecule has 0 unspecified atom stereocenters. The fourth-order valence-electron chi connectivity index (χ4n) is 5.82. The Morgan fingerprint density at radius 2 is 1.54 bits per heavy atom. The molecule has 2 saturated heterocycles. The minimum Gasteiger partial charge on any atom is -0.336 e. The Labute approximate surface area is 245 Å². The van der Waals surface area contributed by atoms with Gasteiger partial charge in [-0.05, 0) is 63.1 Å². The van der Waals surface area contributed by atoms with Crippen LogP contribution in [0.3, 0.4) is 0 Å². The summed E-state index contributed by atoms with van der Waals surface area (Å²) in [5.41, 5.74) is 2.46. The van der Waals surface area contributed by atoms with Crippen molar-refractivity contribution >= 4 is 44.3 Å². The van der Waals surface area contributed by atoms with Crippen molar-refractivity contribution in [3.8, 4) is 5.69 Å². The van der Waals surface area contributed by atoms with Gasteiger partial charge >= 0.3 is 0 Å². The number of aromatic nitrogens is 2. The number of piperazine rings is 2. The van der Waals surface area contributed by atoms with Gasteiger partial charge in [-0.2, -0.15) is 4.31 Å². The highest BCUT2D eigenvalue weighted by molar-refractivity contribution is 7.90. The molecule has 3 aromatic rings. The molecule has 218 valence electrons. The quantitative estimate of drug-likeness (QED) is 0.405. The maximum atomic E-state index is 13.9. The predicted molar refractivity (Wildman–Crippen MR) is 158 cm³/mol. The number of carbonyl (C=O) groups is 2. The van der Waals surface area contributed by atoms with Gasteiger partial charge in [0.05, 0.1) is 16.5 Å². The molecule has 2 aliphatic heterocycles. The number of hydrogen-bond donors (Lipinski definition) is 0. The summed E-state index contributed by atoms with van der Waals surface area (Å²) in [6.45, 7) is 8.59. The molecule has 6 rings (SSSR count). The SMILES string of the molecule is CC(C)N1CCN(C(=O)c2ccc3c(c2)cc(C(=O)N2CCN(S(=O)(=O)C4CC4)CC2)n3-c2ccnc(Cl)c2)CC1. The Morgan fingerprint density at radius 3 is 2.17 bits per heavy atom. The number of halogens is 1. The predicted octanol–water partition coefficient (Wildman–Crippen LogP) is 3.10. The number of fused-ring (bicyclic) bond motifs is 1. The number of hydrogen-bond acceptors (Lipinski definition) is 6. The lowest BCUT2D eigenvalue weighted by Gasteiger charge is -2.37. The van der Waals surface area contributed by atoms with Crippen LogP contribution in [0, 0.1) is 0 Å². The van der Waals surface area contributed by atoms with Gasteiger partial charge in [-0.15, -0.1) is 0 Å². The Hall–Kier alpha value is -2.99. The highest BCUT2D eigenvalue weighted by atomic mass is 35.5. The zero-order valence-corrected chi connectivity index (χ0v) is 24.9. The van der Waals surface area contributed by atoms with E-state index in [9.17, 15) is 18.0 Å². The molecule has 0 bridgehead atoms. The lowest BCUT2D eigenvalue weighted by molar-refractivity contribution is 0.0595. The van der Waals surface area contributed by atoms with E-state index in [1.54, 1.807) is 23.2 Å². The molecule has 0 atom stereocenters. The first kappa shape index (κ1) is 28.1. The standard InChI is InChI=1S/C29H35ClN6O4S/c1-20(2)32-9-11-33(12-10-32)28(37)21-3-6-25-22(17-21)18-26(36(25)23-7-8-31-27(30)19-23)29(38)34-13-15-35(16-14-34)41(39,40)24-4-5-24/h3,6-8,17-20,24H,4-5,9-16H2,1-2H3. The van der Waals surface area contributed by atoms with Crippen LogP contribution >= 0.6 is 11.6 Å². The molecule has 10 nitrogen and oxygen atoms in total. The average Bonchev–Trinajstić information content (AvgIpc) is 3.77. The van der Waals surface area contributed by atoms with Gasteiger partial charge in [-0.1, -0.05) is 11.6 Å². The van der Waals surface area contributed by atoms with Crippen molar-refractivity contribution in [3.63, 3.8) is 0 Å². The number of nitrogens with zero attached hydrogens (tertiary/aromatic N) is 6. The third kappa shape index (κ3) is 5.48. The zero-order chi connectivity index (χ0) is 28.9. The van der Waals surface area contributed by atoms with Gasteiger partial charge in [0, 0.05) is 75.5 Å². The second kappa shape index (κ2) is 11.0. The molecule has 2 amide bonds. The van der Waals surface area contributed by atoms with Gasteiger partial charge in [0.1, 0.15) is 10.8 Å². The van der Waals surface area contributed by atoms with E-state index in [0.29, 0.717) is 67.2 Å². The number of carbonyl (C=O) groups excluding carboxylic acids is 2. The van der Waals surface area contributed by atoms with E-state index in [1.165, 1.54) is 4.31 Å². The van der Waals surface area contributed by atoms with Crippen LogP contribution in [-0.4, -0.2) is 112 Å². The molecule has 1 saturated carbocycles. The van der Waals surface area contributed by atoms with Crippen LogP contribution in [0.5, 0.6) is 0 Å². The number of rotatable bonds is 6. The number of benzene rings is 1. The van der Waals surface area contributed by atoms with Crippen molar-refractivity contribution in [2.45, 2.75) is 38.0 Å². The third-order valence-electron chi connectivity index (χ3n) is 8.40. The van der Waals surface area contributed by atoms with E-state index in [0.717, 1.165) is 24.0 Å². The lowest BCUT2D eigenvalue weighted by atomic mass is 10.1. The molecule has 0 radical (unpaired) electrons. The number of amides is 2. The number of sulfonamides is 1. The van der Waals surface area contributed by atoms with Gasteiger partial charge in [-0.3, -0.25) is 14.5 Å². The van der Waals surface area contributed by atoms with E-state index in [1.807, 2.05) is 33.7 Å². The lowest BCUT2D eigenvalue weighted by Crippen LogP contribution is -2.51. The molecule has 0 N–H and O–H groups in total. The van der Waals surface area contributed by atoms with Crippen LogP contribution in [0.25, 0.3) is 16.6 Å². The first-order chi connectivity index (χ1) is 19.6. The fourth-order valence-corrected chi connectivity index (χ4v) is 7.82. The fraction of sp³-hybridized carbons (Fsp3) is 0.483. The molecular weight excluding hydrogens is 564 g/mol. The second-order valence-electron chi connectivity index (χ2n) is 11.3. The van der Waals surface area contributed by atoms with Gasteiger partial charge in [-0.25, -0.2) is 13.4 Å². The van der Waals surface area contributed by atoms with Crippen LogP contribution in [0.4, 0.5) is 0 Å². The largest absolute Gasteiger partial charge is 0.336 e. The molecule has 1 aliphatic carbocycles. The first-order valence-corrected chi connectivity index (χ1v) is 16.1. The Balaban J connectivity index is 1.29. The molecule has 41 heavy (non-hydrogen) atoms. The van der Waals surface area contributed by atoms with Gasteiger partial charge in [0.15, 0.2) is 0 Å². The van der Waals surface area contributed by atoms with Crippen LogP contribution in [-0.2, 0) is 10.0 Å². The van der Waals surface area contributed by atoms with Crippen molar-refractivity contribution in [2.75, 3.05) is 52.4 Å². The zero-order valence-electron chi connectivity index (χ0n) is 23.4. The van der Waals surface area contributed by atoms with Gasteiger partial charge in [0.25, 0.3) is 11.8 Å². The Kier molecular flexibility index (Phi) is 7.56. The van der Waals surface area contributed by atoms with Gasteiger partial charge in [0.2, 0.25) is 10.0 Å². The minimum absolute atomic E-state index is 0.0177. The van der Waals surface area contributed by atoms with Crippen molar-refractivity contribution in [3.05, 3.63) is 59.0 Å². The van der Waals surface area contributed by atoms with E-state index in [2.05, 4.69) is 23.7 Å². The molecular formula is C29H35ClN6O4S. The summed E-state index contributed by atoms with van der Waals surface area (Å²) < 4.78 is 28.8. The maximum absolute atomic E-state index is 13.9. The van der Waals surface area contributed by atoms with Crippen molar-refractivity contribution in [1.82, 2.24) is 28.6 Å². The van der Waals surface area contributed by atoms with Crippen molar-refractivity contribution in [2.24, 2.45) is 0 Å². The summed E-state index contributed by atoms with van der Waals surface area (Å²) in [6.07, 6.45) is 3.03. The molecule has 0 spiro atoms. The smallest absolute Gasteiger partial charge is 0.270 e. The van der Waals surface area contributed by atoms with Gasteiger partial charge < -0.3 is 14.4 Å².